The maximum absolute atomic E-state index is 11.6. The molecule has 0 spiro atoms. The van der Waals surface area contributed by atoms with E-state index in [0.717, 1.165) is 25.7 Å². The summed E-state index contributed by atoms with van der Waals surface area (Å²) in [5, 5.41) is 9.47. The van der Waals surface area contributed by atoms with Crippen LogP contribution >= 0.6 is 7.82 Å². The first kappa shape index (κ1) is 36.0. The van der Waals surface area contributed by atoms with Crippen LogP contribution in [0.2, 0.25) is 0 Å². The van der Waals surface area contributed by atoms with Gasteiger partial charge in [-0.25, -0.2) is 4.57 Å². The van der Waals surface area contributed by atoms with Crippen molar-refractivity contribution in [2.45, 2.75) is 141 Å². The molecule has 0 saturated carbocycles. The molecule has 1 atom stereocenters. The van der Waals surface area contributed by atoms with E-state index in [1.165, 1.54) is 96.3 Å². The van der Waals surface area contributed by atoms with Crippen molar-refractivity contribution in [3.63, 3.8) is 0 Å². The molecule has 0 aliphatic rings. The lowest BCUT2D eigenvalue weighted by molar-refractivity contribution is -0.147. The average molecular weight is 547 g/mol. The van der Waals surface area contributed by atoms with Gasteiger partial charge in [-0.05, 0) is 38.5 Å². The van der Waals surface area contributed by atoms with Gasteiger partial charge in [0.1, 0.15) is 12.7 Å². The van der Waals surface area contributed by atoms with Crippen molar-refractivity contribution in [3.8, 4) is 0 Å². The number of carbonyl (C=O) groups excluding carboxylic acids is 1. The fraction of sp³-hybridized carbons (Fsp3) is 0.828. The minimum absolute atomic E-state index is 0.289. The molecule has 8 heteroatoms. The van der Waals surface area contributed by atoms with Crippen LogP contribution in [0.4, 0.5) is 0 Å². The topological polar surface area (TPSA) is 113 Å². The second-order valence-corrected chi connectivity index (χ2v) is 11.2. The summed E-state index contributed by atoms with van der Waals surface area (Å²) in [5.41, 5.74) is 0. The molecule has 37 heavy (non-hydrogen) atoms. The Balaban J connectivity index is 3.31. The zero-order valence-electron chi connectivity index (χ0n) is 23.4. The van der Waals surface area contributed by atoms with Gasteiger partial charge < -0.3 is 19.6 Å². The number of esters is 1. The van der Waals surface area contributed by atoms with Crippen LogP contribution in [-0.2, 0) is 18.6 Å². The monoisotopic (exact) mass is 546 g/mol. The van der Waals surface area contributed by atoms with Crippen LogP contribution < -0.4 is 0 Å². The molecular formula is C29H55O7P. The second kappa shape index (κ2) is 26.6. The first-order valence-corrected chi connectivity index (χ1v) is 16.2. The highest BCUT2D eigenvalue weighted by Crippen LogP contribution is 2.35. The highest BCUT2D eigenvalue weighted by atomic mass is 31.2. The van der Waals surface area contributed by atoms with Crippen LogP contribution in [0.5, 0.6) is 0 Å². The number of hydrogen-bond donors (Lipinski definition) is 3. The minimum Gasteiger partial charge on any atom is -0.463 e. The van der Waals surface area contributed by atoms with Gasteiger partial charge >= 0.3 is 13.8 Å². The lowest BCUT2D eigenvalue weighted by atomic mass is 10.0. The molecule has 0 fully saturated rings. The third-order valence-corrected chi connectivity index (χ3v) is 6.69. The van der Waals surface area contributed by atoms with E-state index in [4.69, 9.17) is 14.5 Å². The summed E-state index contributed by atoms with van der Waals surface area (Å²) >= 11 is 0. The molecule has 0 aliphatic heterocycles. The maximum Gasteiger partial charge on any atom is 0.469 e. The molecule has 0 aromatic rings. The van der Waals surface area contributed by atoms with Crippen molar-refractivity contribution < 1.29 is 33.5 Å². The zero-order valence-corrected chi connectivity index (χ0v) is 24.3. The van der Waals surface area contributed by atoms with Gasteiger partial charge in [0, 0.05) is 6.42 Å². The average Bonchev–Trinajstić information content (AvgIpc) is 2.86. The third kappa shape index (κ3) is 31.1. The van der Waals surface area contributed by atoms with E-state index in [1.807, 2.05) is 0 Å². The molecule has 7 nitrogen and oxygen atoms in total. The predicted molar refractivity (Wildman–Crippen MR) is 151 cm³/mol. The number of aliphatic hydroxyl groups excluding tert-OH is 1. The van der Waals surface area contributed by atoms with Crippen molar-refractivity contribution in [2.75, 3.05) is 13.2 Å². The molecule has 218 valence electrons. The van der Waals surface area contributed by atoms with Gasteiger partial charge in [0.25, 0.3) is 0 Å². The summed E-state index contributed by atoms with van der Waals surface area (Å²) in [6, 6.07) is 0. The standard InChI is InChI=1S/C29H55O7P/c1-2-3-4-5-6-7-8-9-10-11-12-13-14-15-16-17-18-19-20-21-22-23-24-25-29(31)35-26-28(30)27-36-37(32,33)34/h8-9,11-12,28,30H,2-7,10,13-27H2,1H3,(H2,32,33,34)/b9-8-,12-11-. The Labute approximate surface area is 226 Å². The fourth-order valence-corrected chi connectivity index (χ4v) is 4.35. The second-order valence-electron chi connectivity index (χ2n) is 9.93. The predicted octanol–water partition coefficient (Wildman–Crippen LogP) is 7.93. The molecule has 0 aliphatic carbocycles. The highest BCUT2D eigenvalue weighted by Gasteiger charge is 2.17. The maximum atomic E-state index is 11.6. The number of aliphatic hydroxyl groups is 1. The van der Waals surface area contributed by atoms with Crippen LogP contribution in [0, 0.1) is 0 Å². The minimum atomic E-state index is -4.62. The lowest BCUT2D eigenvalue weighted by Crippen LogP contribution is -2.23. The summed E-state index contributed by atoms with van der Waals surface area (Å²) in [6.07, 6.45) is 31.7. The molecular weight excluding hydrogens is 491 g/mol. The van der Waals surface area contributed by atoms with Gasteiger partial charge in [-0.2, -0.15) is 0 Å². The van der Waals surface area contributed by atoms with Crippen molar-refractivity contribution in [3.05, 3.63) is 24.3 Å². The van der Waals surface area contributed by atoms with Gasteiger partial charge in [-0.15, -0.1) is 0 Å². The molecule has 0 radical (unpaired) electrons. The van der Waals surface area contributed by atoms with Gasteiger partial charge in [-0.1, -0.05) is 115 Å². The van der Waals surface area contributed by atoms with Crippen molar-refractivity contribution in [1.82, 2.24) is 0 Å². The molecule has 0 heterocycles. The van der Waals surface area contributed by atoms with Gasteiger partial charge in [0.15, 0.2) is 0 Å². The molecule has 0 saturated heterocycles. The fourth-order valence-electron chi connectivity index (χ4n) is 3.99. The van der Waals surface area contributed by atoms with E-state index in [9.17, 15) is 14.5 Å². The summed E-state index contributed by atoms with van der Waals surface area (Å²) in [6.45, 7) is 1.35. The van der Waals surface area contributed by atoms with Crippen LogP contribution in [-0.4, -0.2) is 40.2 Å². The number of unbranched alkanes of at least 4 members (excludes halogenated alkanes) is 16. The molecule has 0 aromatic carbocycles. The van der Waals surface area contributed by atoms with E-state index < -0.39 is 26.5 Å². The Morgan fingerprint density at radius 2 is 1.16 bits per heavy atom. The molecule has 0 aromatic heterocycles. The lowest BCUT2D eigenvalue weighted by Gasteiger charge is -2.12. The Morgan fingerprint density at radius 3 is 1.65 bits per heavy atom. The number of phosphoric acid groups is 1. The highest BCUT2D eigenvalue weighted by molar-refractivity contribution is 7.46. The van der Waals surface area contributed by atoms with Gasteiger partial charge in [0.2, 0.25) is 0 Å². The Kier molecular flexibility index (Phi) is 25.9. The number of rotatable bonds is 27. The molecule has 0 amide bonds. The smallest absolute Gasteiger partial charge is 0.463 e. The molecule has 1 unspecified atom stereocenters. The Morgan fingerprint density at radius 1 is 0.703 bits per heavy atom. The van der Waals surface area contributed by atoms with Crippen LogP contribution in [0.1, 0.15) is 135 Å². The number of allylic oxidation sites excluding steroid dienone is 4. The summed E-state index contributed by atoms with van der Waals surface area (Å²) in [4.78, 5) is 28.7. The van der Waals surface area contributed by atoms with Crippen LogP contribution in [0.25, 0.3) is 0 Å². The normalized spacial score (nSPS) is 13.1. The van der Waals surface area contributed by atoms with Crippen molar-refractivity contribution >= 4 is 13.8 Å². The molecule has 0 bridgehead atoms. The molecule has 0 rings (SSSR count). The van der Waals surface area contributed by atoms with Gasteiger partial charge in [0.05, 0.1) is 6.61 Å². The third-order valence-electron chi connectivity index (χ3n) is 6.20. The zero-order chi connectivity index (χ0) is 27.5. The summed E-state index contributed by atoms with van der Waals surface area (Å²) < 4.78 is 19.6. The first-order chi connectivity index (χ1) is 17.8. The Hall–Kier alpha value is -0.980. The van der Waals surface area contributed by atoms with E-state index in [0.29, 0.717) is 0 Å². The van der Waals surface area contributed by atoms with Crippen LogP contribution in [0.15, 0.2) is 24.3 Å². The number of phosphoric ester groups is 1. The number of hydrogen-bond acceptors (Lipinski definition) is 5. The molecule has 3 N–H and O–H groups in total. The van der Waals surface area contributed by atoms with E-state index in [1.54, 1.807) is 0 Å². The van der Waals surface area contributed by atoms with E-state index in [2.05, 4.69) is 35.8 Å². The summed E-state index contributed by atoms with van der Waals surface area (Å²) in [7, 11) is -4.62. The van der Waals surface area contributed by atoms with E-state index >= 15 is 0 Å². The summed E-state index contributed by atoms with van der Waals surface area (Å²) in [5.74, 6) is -0.411. The van der Waals surface area contributed by atoms with Crippen molar-refractivity contribution in [1.29, 1.82) is 0 Å². The van der Waals surface area contributed by atoms with Gasteiger partial charge in [-0.3, -0.25) is 9.32 Å². The largest absolute Gasteiger partial charge is 0.469 e. The van der Waals surface area contributed by atoms with E-state index in [-0.39, 0.29) is 13.0 Å². The van der Waals surface area contributed by atoms with Crippen molar-refractivity contribution in [2.24, 2.45) is 0 Å². The number of carbonyl (C=O) groups is 1. The quantitative estimate of drug-likeness (QED) is 0.0415. The number of ether oxygens (including phenoxy) is 1. The Bertz CT molecular complexity index is 615. The SMILES string of the molecule is CCCCCCC/C=C\C/C=C\CCCCCCCCCCCCCC(=O)OCC(O)COP(=O)(O)O. The van der Waals surface area contributed by atoms with Crippen LogP contribution in [0.3, 0.4) is 0 Å². The first-order valence-electron chi connectivity index (χ1n) is 14.7.